The average molecular weight is 316 g/mol. The number of hydrogen-bond donors (Lipinski definition) is 1. The first-order valence-corrected chi connectivity index (χ1v) is 8.15. The van der Waals surface area contributed by atoms with Gasteiger partial charge in [-0.1, -0.05) is 25.8 Å². The Bertz CT molecular complexity index is 629. The molecule has 0 saturated heterocycles. The van der Waals surface area contributed by atoms with Crippen molar-refractivity contribution in [3.8, 4) is 11.5 Å². The fraction of sp³-hybridized carbons (Fsp3) is 0.556. The molecule has 2 aliphatic carbocycles. The van der Waals surface area contributed by atoms with Gasteiger partial charge in [-0.25, -0.2) is 5.43 Å². The van der Waals surface area contributed by atoms with Crippen molar-refractivity contribution in [3.05, 3.63) is 23.8 Å². The highest BCUT2D eigenvalue weighted by Gasteiger charge is 2.64. The molecule has 0 bridgehead atoms. The fourth-order valence-electron chi connectivity index (χ4n) is 4.10. The van der Waals surface area contributed by atoms with E-state index in [0.29, 0.717) is 17.4 Å². The van der Waals surface area contributed by atoms with Crippen LogP contribution < -0.4 is 14.9 Å². The van der Waals surface area contributed by atoms with Gasteiger partial charge in [0.05, 0.1) is 20.4 Å². The van der Waals surface area contributed by atoms with Crippen molar-refractivity contribution in [1.29, 1.82) is 0 Å². The molecule has 0 spiro atoms. The van der Waals surface area contributed by atoms with Crippen molar-refractivity contribution in [2.75, 3.05) is 14.2 Å². The van der Waals surface area contributed by atoms with Gasteiger partial charge in [0.2, 0.25) is 5.91 Å². The zero-order valence-electron chi connectivity index (χ0n) is 14.0. The predicted octanol–water partition coefficient (Wildman–Crippen LogP) is 2.98. The molecule has 3 rings (SSSR count). The number of amides is 1. The molecule has 0 aromatic heterocycles. The lowest BCUT2D eigenvalue weighted by molar-refractivity contribution is -0.123. The molecule has 2 aliphatic rings. The van der Waals surface area contributed by atoms with Crippen LogP contribution in [0.15, 0.2) is 23.3 Å². The number of carbonyl (C=O) groups excluding carboxylic acids is 1. The van der Waals surface area contributed by atoms with E-state index in [9.17, 15) is 4.79 Å². The van der Waals surface area contributed by atoms with E-state index in [0.717, 1.165) is 12.0 Å². The number of hydrazone groups is 1. The van der Waals surface area contributed by atoms with Crippen molar-refractivity contribution >= 4 is 12.1 Å². The maximum absolute atomic E-state index is 12.4. The maximum atomic E-state index is 12.4. The van der Waals surface area contributed by atoms with Crippen molar-refractivity contribution in [1.82, 2.24) is 5.43 Å². The molecule has 1 amide bonds. The van der Waals surface area contributed by atoms with Crippen LogP contribution >= 0.6 is 0 Å². The van der Waals surface area contributed by atoms with Gasteiger partial charge in [0.15, 0.2) is 11.5 Å². The first-order valence-electron chi connectivity index (χ1n) is 8.15. The second kappa shape index (κ2) is 6.22. The minimum atomic E-state index is 0.0394. The highest BCUT2D eigenvalue weighted by molar-refractivity contribution is 5.88. The number of nitrogens with one attached hydrogen (secondary N) is 1. The van der Waals surface area contributed by atoms with Gasteiger partial charge in [-0.15, -0.1) is 0 Å². The van der Waals surface area contributed by atoms with Gasteiger partial charge in [0.25, 0.3) is 0 Å². The van der Waals surface area contributed by atoms with Crippen LogP contribution in [0, 0.1) is 17.3 Å². The van der Waals surface area contributed by atoms with Gasteiger partial charge in [-0.3, -0.25) is 4.79 Å². The monoisotopic (exact) mass is 316 g/mol. The van der Waals surface area contributed by atoms with E-state index in [1.807, 2.05) is 18.2 Å². The van der Waals surface area contributed by atoms with Crippen LogP contribution in [0.3, 0.4) is 0 Å². The van der Waals surface area contributed by atoms with Gasteiger partial charge < -0.3 is 9.47 Å². The second-order valence-corrected chi connectivity index (χ2v) is 6.65. The Labute approximate surface area is 137 Å². The van der Waals surface area contributed by atoms with Crippen LogP contribution in [0.5, 0.6) is 11.5 Å². The topological polar surface area (TPSA) is 59.9 Å². The van der Waals surface area contributed by atoms with E-state index >= 15 is 0 Å². The maximum Gasteiger partial charge on any atom is 0.244 e. The van der Waals surface area contributed by atoms with Gasteiger partial charge in [0, 0.05) is 11.5 Å². The van der Waals surface area contributed by atoms with E-state index in [2.05, 4.69) is 17.5 Å². The molecule has 5 heteroatoms. The fourth-order valence-corrected chi connectivity index (χ4v) is 4.10. The number of hydrogen-bond acceptors (Lipinski definition) is 4. The smallest absolute Gasteiger partial charge is 0.244 e. The Morgan fingerprint density at radius 3 is 2.83 bits per heavy atom. The SMILES string of the molecule is COc1cccc(/C=N\NC(=O)[C@@H]2[C@H]3CCCC[C@@]32C)c1OC. The Balaban J connectivity index is 1.65. The highest BCUT2D eigenvalue weighted by atomic mass is 16.5. The summed E-state index contributed by atoms with van der Waals surface area (Å²) >= 11 is 0. The minimum Gasteiger partial charge on any atom is -0.493 e. The Hall–Kier alpha value is -2.04. The van der Waals surface area contributed by atoms with E-state index in [-0.39, 0.29) is 17.2 Å². The third-order valence-electron chi connectivity index (χ3n) is 5.43. The molecule has 1 aromatic carbocycles. The number of methoxy groups -OCH3 is 2. The molecule has 0 radical (unpaired) electrons. The molecule has 124 valence electrons. The first-order chi connectivity index (χ1) is 11.1. The lowest BCUT2D eigenvalue weighted by Gasteiger charge is -2.15. The van der Waals surface area contributed by atoms with Crippen molar-refractivity contribution < 1.29 is 14.3 Å². The van der Waals surface area contributed by atoms with Crippen molar-refractivity contribution in [2.24, 2.45) is 22.4 Å². The largest absolute Gasteiger partial charge is 0.493 e. The molecule has 5 nitrogen and oxygen atoms in total. The average Bonchev–Trinajstić information content (AvgIpc) is 3.20. The Kier molecular flexibility index (Phi) is 4.28. The second-order valence-electron chi connectivity index (χ2n) is 6.65. The Morgan fingerprint density at radius 1 is 1.35 bits per heavy atom. The molecule has 2 saturated carbocycles. The number of para-hydroxylation sites is 1. The molecule has 3 atom stereocenters. The number of benzene rings is 1. The molecule has 2 fully saturated rings. The molecular formula is C18H24N2O3. The quantitative estimate of drug-likeness (QED) is 0.671. The third-order valence-corrected chi connectivity index (χ3v) is 5.43. The lowest BCUT2D eigenvalue weighted by Crippen LogP contribution is -2.22. The molecule has 1 aromatic rings. The standard InChI is InChI=1S/C18H24N2O3/c1-18-10-5-4-8-13(18)15(18)17(21)20-19-11-12-7-6-9-14(22-2)16(12)23-3/h6-7,9,11,13,15H,4-5,8,10H2,1-3H3,(H,20,21)/b19-11-/t13-,15+,18+/m1/s1. The summed E-state index contributed by atoms with van der Waals surface area (Å²) in [5, 5.41) is 4.12. The minimum absolute atomic E-state index is 0.0394. The summed E-state index contributed by atoms with van der Waals surface area (Å²) < 4.78 is 10.6. The Morgan fingerprint density at radius 2 is 2.17 bits per heavy atom. The number of ether oxygens (including phenoxy) is 2. The number of nitrogens with zero attached hydrogens (tertiary/aromatic N) is 1. The molecule has 0 unspecified atom stereocenters. The van der Waals surface area contributed by atoms with Crippen LogP contribution in [-0.2, 0) is 4.79 Å². The van der Waals surface area contributed by atoms with Crippen molar-refractivity contribution in [3.63, 3.8) is 0 Å². The van der Waals surface area contributed by atoms with E-state index in [1.54, 1.807) is 20.4 Å². The van der Waals surface area contributed by atoms with Crippen molar-refractivity contribution in [2.45, 2.75) is 32.6 Å². The summed E-state index contributed by atoms with van der Waals surface area (Å²) in [6.45, 7) is 2.23. The molecule has 0 heterocycles. The first kappa shape index (κ1) is 15.8. The molecule has 23 heavy (non-hydrogen) atoms. The number of fused-ring (bicyclic) bond motifs is 1. The van der Waals surface area contributed by atoms with E-state index < -0.39 is 0 Å². The third kappa shape index (κ3) is 2.80. The molecule has 0 aliphatic heterocycles. The number of rotatable bonds is 5. The zero-order chi connectivity index (χ0) is 16.4. The molecular weight excluding hydrogens is 292 g/mol. The van der Waals surface area contributed by atoms with Gasteiger partial charge in [0.1, 0.15) is 0 Å². The van der Waals surface area contributed by atoms with E-state index in [4.69, 9.17) is 9.47 Å². The summed E-state index contributed by atoms with van der Waals surface area (Å²) in [4.78, 5) is 12.4. The summed E-state index contributed by atoms with van der Waals surface area (Å²) in [6, 6.07) is 5.56. The summed E-state index contributed by atoms with van der Waals surface area (Å²) in [6.07, 6.45) is 6.41. The van der Waals surface area contributed by atoms with Crippen LogP contribution in [0.25, 0.3) is 0 Å². The lowest BCUT2D eigenvalue weighted by atomic mass is 9.90. The van der Waals surface area contributed by atoms with Crippen LogP contribution in [0.2, 0.25) is 0 Å². The summed E-state index contributed by atoms with van der Waals surface area (Å²) in [7, 11) is 3.18. The number of carbonyl (C=O) groups is 1. The summed E-state index contributed by atoms with van der Waals surface area (Å²) in [5.41, 5.74) is 3.67. The van der Waals surface area contributed by atoms with Crippen LogP contribution in [0.4, 0.5) is 0 Å². The summed E-state index contributed by atoms with van der Waals surface area (Å²) in [5.74, 6) is 1.95. The van der Waals surface area contributed by atoms with E-state index in [1.165, 1.54) is 19.3 Å². The molecule has 1 N–H and O–H groups in total. The van der Waals surface area contributed by atoms with Crippen LogP contribution in [-0.4, -0.2) is 26.3 Å². The van der Waals surface area contributed by atoms with Gasteiger partial charge in [-0.2, -0.15) is 5.10 Å². The zero-order valence-corrected chi connectivity index (χ0v) is 14.0. The van der Waals surface area contributed by atoms with Crippen LogP contribution in [0.1, 0.15) is 38.2 Å². The normalized spacial score (nSPS) is 29.0. The highest BCUT2D eigenvalue weighted by Crippen LogP contribution is 2.66. The van der Waals surface area contributed by atoms with Gasteiger partial charge >= 0.3 is 0 Å². The predicted molar refractivity (Wildman–Crippen MR) is 88.8 cm³/mol. The van der Waals surface area contributed by atoms with Gasteiger partial charge in [-0.05, 0) is 36.3 Å².